The minimum Gasteiger partial charge on any atom is -0.313 e. The Balaban J connectivity index is 2.18. The minimum absolute atomic E-state index is 0.00989. The summed E-state index contributed by atoms with van der Waals surface area (Å²) < 4.78 is 65.6. The third-order valence-electron chi connectivity index (χ3n) is 4.36. The highest BCUT2D eigenvalue weighted by atomic mass is 32.2. The summed E-state index contributed by atoms with van der Waals surface area (Å²) in [6, 6.07) is 3.05. The van der Waals surface area contributed by atoms with E-state index < -0.39 is 21.6 Å². The van der Waals surface area contributed by atoms with E-state index in [1.165, 1.54) is 42.9 Å². The largest absolute Gasteiger partial charge is 0.416 e. The number of nitrogens with two attached hydrogens (primary N) is 1. The molecular formula is C17H18F3N7O2S. The van der Waals surface area contributed by atoms with E-state index in [1.54, 1.807) is 0 Å². The summed E-state index contributed by atoms with van der Waals surface area (Å²) >= 11 is 0. The van der Waals surface area contributed by atoms with Crippen LogP contribution >= 0.6 is 0 Å². The van der Waals surface area contributed by atoms with Crippen molar-refractivity contribution < 1.29 is 21.6 Å². The summed E-state index contributed by atoms with van der Waals surface area (Å²) in [6.45, 7) is 1.48. The molecule has 0 aliphatic heterocycles. The number of rotatable bonds is 5. The van der Waals surface area contributed by atoms with Crippen LogP contribution in [0.4, 0.5) is 18.9 Å². The third-order valence-corrected chi connectivity index (χ3v) is 6.11. The van der Waals surface area contributed by atoms with Gasteiger partial charge in [0.2, 0.25) is 0 Å². The number of sulfone groups is 1. The maximum Gasteiger partial charge on any atom is 0.416 e. The zero-order valence-electron chi connectivity index (χ0n) is 16.2. The number of aromatic nitrogens is 5. The fraction of sp³-hybridized carbons (Fsp3) is 0.294. The first kappa shape index (κ1) is 21.6. The van der Waals surface area contributed by atoms with E-state index in [-0.39, 0.29) is 33.7 Å². The van der Waals surface area contributed by atoms with Crippen LogP contribution in [0, 0.1) is 0 Å². The summed E-state index contributed by atoms with van der Waals surface area (Å²) in [5.41, 5.74) is -0.590. The van der Waals surface area contributed by atoms with Crippen molar-refractivity contribution in [3.05, 3.63) is 36.2 Å². The van der Waals surface area contributed by atoms with E-state index in [1.807, 2.05) is 0 Å². The first-order valence-corrected chi connectivity index (χ1v) is 10.3. The van der Waals surface area contributed by atoms with E-state index in [9.17, 15) is 21.6 Å². The lowest BCUT2D eigenvalue weighted by atomic mass is 10.2. The molecule has 0 unspecified atom stereocenters. The molecule has 3 rings (SSSR count). The second-order valence-corrected chi connectivity index (χ2v) is 8.64. The number of anilines is 1. The third kappa shape index (κ3) is 3.98. The average molecular weight is 441 g/mol. The second kappa shape index (κ2) is 7.65. The predicted molar refractivity (Wildman–Crippen MR) is 103 cm³/mol. The van der Waals surface area contributed by atoms with Gasteiger partial charge in [-0.25, -0.2) is 19.2 Å². The van der Waals surface area contributed by atoms with Gasteiger partial charge in [0, 0.05) is 20.3 Å². The highest BCUT2D eigenvalue weighted by Gasteiger charge is 2.31. The first-order valence-electron chi connectivity index (χ1n) is 8.60. The molecule has 160 valence electrons. The Labute approximate surface area is 170 Å². The van der Waals surface area contributed by atoms with Crippen LogP contribution in [-0.4, -0.2) is 46.0 Å². The number of pyridine rings is 2. The first-order chi connectivity index (χ1) is 14.0. The van der Waals surface area contributed by atoms with Gasteiger partial charge in [0.25, 0.3) is 0 Å². The van der Waals surface area contributed by atoms with Crippen LogP contribution in [-0.2, 0) is 23.1 Å². The molecule has 3 aromatic rings. The van der Waals surface area contributed by atoms with Crippen molar-refractivity contribution in [3.63, 3.8) is 0 Å². The van der Waals surface area contributed by atoms with Crippen molar-refractivity contribution in [2.45, 2.75) is 18.0 Å². The van der Waals surface area contributed by atoms with Gasteiger partial charge in [-0.05, 0) is 18.2 Å². The molecule has 0 radical (unpaired) electrons. The van der Waals surface area contributed by atoms with E-state index in [2.05, 4.69) is 20.2 Å². The standard InChI is InChI=1S/C17H18F3N7O2S/c1-4-30(28,29)13-8-11(27(3)21)9-23-14(13)16-25-24-15(26(16)2)12-7-10(5-6-22-12)17(18,19)20/h5-9H,4,21H2,1-3H3. The Morgan fingerprint density at radius 3 is 2.43 bits per heavy atom. The molecule has 0 atom stereocenters. The highest BCUT2D eigenvalue weighted by Crippen LogP contribution is 2.32. The van der Waals surface area contributed by atoms with Crippen molar-refractivity contribution in [2.75, 3.05) is 17.8 Å². The summed E-state index contributed by atoms with van der Waals surface area (Å²) in [7, 11) is -0.709. The Bertz CT molecular complexity index is 1190. The van der Waals surface area contributed by atoms with Crippen molar-refractivity contribution in [1.82, 2.24) is 24.7 Å². The number of hydrogen-bond acceptors (Lipinski definition) is 8. The topological polar surface area (TPSA) is 120 Å². The molecular weight excluding hydrogens is 423 g/mol. The number of hydrogen-bond donors (Lipinski definition) is 1. The Morgan fingerprint density at radius 2 is 1.83 bits per heavy atom. The van der Waals surface area contributed by atoms with Gasteiger partial charge in [0.1, 0.15) is 11.4 Å². The lowest BCUT2D eigenvalue weighted by Crippen LogP contribution is -2.25. The Hall–Kier alpha value is -3.06. The monoisotopic (exact) mass is 441 g/mol. The molecule has 0 aliphatic rings. The van der Waals surface area contributed by atoms with Crippen LogP contribution in [0.1, 0.15) is 12.5 Å². The number of alkyl halides is 3. The van der Waals surface area contributed by atoms with Gasteiger partial charge in [-0.3, -0.25) is 4.98 Å². The number of hydrazine groups is 1. The van der Waals surface area contributed by atoms with Crippen molar-refractivity contribution in [2.24, 2.45) is 12.9 Å². The van der Waals surface area contributed by atoms with Crippen molar-refractivity contribution >= 4 is 15.5 Å². The molecule has 3 aromatic heterocycles. The van der Waals surface area contributed by atoms with Gasteiger partial charge in [0.05, 0.1) is 28.1 Å². The maximum atomic E-state index is 13.0. The highest BCUT2D eigenvalue weighted by molar-refractivity contribution is 7.91. The fourth-order valence-electron chi connectivity index (χ4n) is 2.68. The van der Waals surface area contributed by atoms with Gasteiger partial charge < -0.3 is 9.58 Å². The van der Waals surface area contributed by atoms with Crippen LogP contribution in [0.25, 0.3) is 23.0 Å². The molecule has 13 heteroatoms. The van der Waals surface area contributed by atoms with Crippen LogP contribution in [0.2, 0.25) is 0 Å². The van der Waals surface area contributed by atoms with Crippen LogP contribution in [0.15, 0.2) is 35.5 Å². The zero-order valence-corrected chi connectivity index (χ0v) is 17.0. The SMILES string of the molecule is CCS(=O)(=O)c1cc(N(C)N)cnc1-c1nnc(-c2cc(C(F)(F)F)ccn2)n1C. The van der Waals surface area contributed by atoms with E-state index in [4.69, 9.17) is 5.84 Å². The second-order valence-electron chi connectivity index (χ2n) is 6.39. The van der Waals surface area contributed by atoms with E-state index in [0.29, 0.717) is 5.69 Å². The van der Waals surface area contributed by atoms with Gasteiger partial charge in [-0.2, -0.15) is 13.2 Å². The fourth-order valence-corrected chi connectivity index (χ4v) is 3.73. The molecule has 0 aliphatic carbocycles. The smallest absolute Gasteiger partial charge is 0.313 e. The van der Waals surface area contributed by atoms with Gasteiger partial charge >= 0.3 is 6.18 Å². The van der Waals surface area contributed by atoms with Crippen molar-refractivity contribution in [1.29, 1.82) is 0 Å². The number of nitrogens with zero attached hydrogens (tertiary/aromatic N) is 6. The molecule has 0 bridgehead atoms. The molecule has 0 aromatic carbocycles. The Morgan fingerprint density at radius 1 is 1.17 bits per heavy atom. The maximum absolute atomic E-state index is 13.0. The van der Waals surface area contributed by atoms with Crippen molar-refractivity contribution in [3.8, 4) is 23.0 Å². The number of halogens is 3. The van der Waals surface area contributed by atoms with Gasteiger partial charge in [0.15, 0.2) is 21.5 Å². The molecule has 3 heterocycles. The normalized spacial score (nSPS) is 12.2. The predicted octanol–water partition coefficient (Wildman–Crippen LogP) is 2.06. The van der Waals surface area contributed by atoms with Crippen LogP contribution in [0.3, 0.4) is 0 Å². The van der Waals surface area contributed by atoms with Crippen LogP contribution < -0.4 is 10.9 Å². The van der Waals surface area contributed by atoms with Crippen LogP contribution in [0.5, 0.6) is 0 Å². The van der Waals surface area contributed by atoms with E-state index in [0.717, 1.165) is 18.3 Å². The lowest BCUT2D eigenvalue weighted by molar-refractivity contribution is -0.137. The molecule has 0 fully saturated rings. The Kier molecular flexibility index (Phi) is 5.52. The molecule has 0 amide bonds. The lowest BCUT2D eigenvalue weighted by Gasteiger charge is -2.15. The molecule has 0 saturated carbocycles. The minimum atomic E-state index is -4.55. The summed E-state index contributed by atoms with van der Waals surface area (Å²) in [4.78, 5) is 8.00. The van der Waals surface area contributed by atoms with E-state index >= 15 is 0 Å². The van der Waals surface area contributed by atoms with Gasteiger partial charge in [-0.1, -0.05) is 6.92 Å². The quantitative estimate of drug-likeness (QED) is 0.472. The summed E-state index contributed by atoms with van der Waals surface area (Å²) in [5.74, 6) is 5.57. The average Bonchev–Trinajstić information content (AvgIpc) is 3.08. The summed E-state index contributed by atoms with van der Waals surface area (Å²) in [6.07, 6.45) is -2.17. The molecule has 30 heavy (non-hydrogen) atoms. The molecule has 0 saturated heterocycles. The van der Waals surface area contributed by atoms with Gasteiger partial charge in [-0.15, -0.1) is 10.2 Å². The zero-order chi connectivity index (χ0) is 22.3. The molecule has 9 nitrogen and oxygen atoms in total. The molecule has 2 N–H and O–H groups in total. The summed E-state index contributed by atoms with van der Waals surface area (Å²) in [5, 5.41) is 9.07. The molecule has 0 spiro atoms.